The van der Waals surface area contributed by atoms with E-state index in [1.807, 2.05) is 0 Å². The quantitative estimate of drug-likeness (QED) is 0.165. The highest BCUT2D eigenvalue weighted by atomic mass is 15.2. The normalized spacial score (nSPS) is 14.3. The summed E-state index contributed by atoms with van der Waals surface area (Å²) in [5.74, 6) is -0.0530. The Morgan fingerprint density at radius 1 is 0.347 bits per heavy atom. The molecule has 0 N–H and O–H groups in total. The van der Waals surface area contributed by atoms with Crippen LogP contribution in [0.4, 0.5) is 34.1 Å². The fourth-order valence-corrected chi connectivity index (χ4v) is 12.5. The molecule has 0 saturated heterocycles. The molecule has 11 aromatic rings. The molecule has 0 amide bonds. The average molecular weight is 977 g/mol. The van der Waals surface area contributed by atoms with E-state index in [2.05, 4.69) is 290 Å². The van der Waals surface area contributed by atoms with Gasteiger partial charge in [0.25, 0.3) is 0 Å². The second kappa shape index (κ2) is 16.3. The van der Waals surface area contributed by atoms with Crippen LogP contribution in [-0.4, -0.2) is 9.13 Å². The fraction of sp³-hybridized carbons (Fsp3) is 0.239. The maximum absolute atomic E-state index is 2.66. The molecule has 372 valence electrons. The number of anilines is 6. The highest BCUT2D eigenvalue weighted by Crippen LogP contribution is 2.61. The molecule has 0 aliphatic carbocycles. The van der Waals surface area contributed by atoms with Gasteiger partial charge < -0.3 is 18.9 Å². The van der Waals surface area contributed by atoms with Gasteiger partial charge in [-0.05, 0) is 122 Å². The molecule has 0 bridgehead atoms. The first-order chi connectivity index (χ1) is 35.8. The Morgan fingerprint density at radius 2 is 0.693 bits per heavy atom. The molecule has 0 radical (unpaired) electrons. The Balaban J connectivity index is 1.27. The summed E-state index contributed by atoms with van der Waals surface area (Å²) in [4.78, 5) is 5.16. The Bertz CT molecular complexity index is 3950. The zero-order valence-corrected chi connectivity index (χ0v) is 45.8. The first kappa shape index (κ1) is 46.9. The molecule has 2 aromatic heterocycles. The van der Waals surface area contributed by atoms with Crippen molar-refractivity contribution >= 4 is 77.7 Å². The summed E-state index contributed by atoms with van der Waals surface area (Å²) in [5.41, 5.74) is 23.0. The molecule has 1 atom stereocenters. The molecule has 0 saturated carbocycles. The van der Waals surface area contributed by atoms with E-state index in [0.29, 0.717) is 0 Å². The van der Waals surface area contributed by atoms with Crippen molar-refractivity contribution in [1.82, 2.24) is 9.13 Å². The molecule has 2 aliphatic heterocycles. The van der Waals surface area contributed by atoms with Gasteiger partial charge in [0.2, 0.25) is 0 Å². The Morgan fingerprint density at radius 3 is 1.09 bits per heavy atom. The molecule has 2 aliphatic rings. The summed E-state index contributed by atoms with van der Waals surface area (Å²) in [6.45, 7) is 27.7. The molecule has 0 spiro atoms. The minimum atomic E-state index is -0.0530. The van der Waals surface area contributed by atoms with Gasteiger partial charge in [0.05, 0.1) is 44.8 Å². The first-order valence-corrected chi connectivity index (χ1v) is 27.1. The minimum absolute atomic E-state index is 0.0222. The summed E-state index contributed by atoms with van der Waals surface area (Å²) in [7, 11) is 0. The average Bonchev–Trinajstić information content (AvgIpc) is 3.91. The van der Waals surface area contributed by atoms with E-state index < -0.39 is 0 Å². The van der Waals surface area contributed by atoms with E-state index in [1.54, 1.807) is 0 Å². The van der Waals surface area contributed by atoms with Crippen molar-refractivity contribution in [3.63, 3.8) is 0 Å². The fourth-order valence-electron chi connectivity index (χ4n) is 12.5. The third-order valence-corrected chi connectivity index (χ3v) is 16.5. The minimum Gasteiger partial charge on any atom is -0.308 e. The van der Waals surface area contributed by atoms with Crippen molar-refractivity contribution in [2.75, 3.05) is 9.80 Å². The first-order valence-electron chi connectivity index (χ1n) is 27.1. The van der Waals surface area contributed by atoms with Crippen LogP contribution < -0.4 is 9.80 Å². The van der Waals surface area contributed by atoms with E-state index in [4.69, 9.17) is 0 Å². The third-order valence-electron chi connectivity index (χ3n) is 16.5. The number of benzene rings is 9. The van der Waals surface area contributed by atoms with Crippen LogP contribution in [0.3, 0.4) is 0 Å². The van der Waals surface area contributed by atoms with E-state index in [9.17, 15) is 0 Å². The second-order valence-electron chi connectivity index (χ2n) is 25.5. The summed E-state index contributed by atoms with van der Waals surface area (Å²) < 4.78 is 5.28. The zero-order valence-electron chi connectivity index (χ0n) is 45.8. The number of para-hydroxylation sites is 4. The number of fused-ring (bicyclic) bond motifs is 10. The Kier molecular flexibility index (Phi) is 10.2. The predicted molar refractivity (Wildman–Crippen MR) is 320 cm³/mol. The van der Waals surface area contributed by atoms with Crippen LogP contribution in [0, 0.1) is 0 Å². The van der Waals surface area contributed by atoms with Gasteiger partial charge in [-0.15, -0.1) is 0 Å². The maximum atomic E-state index is 2.66. The summed E-state index contributed by atoms with van der Waals surface area (Å²) in [6.07, 6.45) is 0. The van der Waals surface area contributed by atoms with Crippen molar-refractivity contribution in [3.05, 3.63) is 227 Å². The molecule has 75 heavy (non-hydrogen) atoms. The number of aromatic nitrogens is 2. The Labute approximate surface area is 443 Å². The number of hydrogen-bond acceptors (Lipinski definition) is 2. The van der Waals surface area contributed by atoms with Crippen LogP contribution in [0.25, 0.3) is 55.0 Å². The third kappa shape index (κ3) is 7.23. The summed E-state index contributed by atoms with van der Waals surface area (Å²) >= 11 is 0. The van der Waals surface area contributed by atoms with Crippen LogP contribution in [0.2, 0.25) is 0 Å². The largest absolute Gasteiger partial charge is 0.308 e. The van der Waals surface area contributed by atoms with Gasteiger partial charge in [-0.1, -0.05) is 204 Å². The highest BCUT2D eigenvalue weighted by Gasteiger charge is 2.43. The van der Waals surface area contributed by atoms with Gasteiger partial charge in [-0.2, -0.15) is 0 Å². The number of nitrogens with zero attached hydrogens (tertiary/aromatic N) is 4. The van der Waals surface area contributed by atoms with Crippen LogP contribution in [-0.2, 0) is 21.7 Å². The van der Waals surface area contributed by atoms with E-state index in [-0.39, 0.29) is 27.6 Å². The lowest BCUT2D eigenvalue weighted by molar-refractivity contribution is 0.590. The Hall–Kier alpha value is -7.82. The molecule has 1 unspecified atom stereocenters. The van der Waals surface area contributed by atoms with Crippen molar-refractivity contribution in [3.8, 4) is 11.4 Å². The topological polar surface area (TPSA) is 16.3 Å². The van der Waals surface area contributed by atoms with Gasteiger partial charge in [0, 0.05) is 55.8 Å². The van der Waals surface area contributed by atoms with Gasteiger partial charge in [-0.25, -0.2) is 0 Å². The zero-order chi connectivity index (χ0) is 52.1. The highest BCUT2D eigenvalue weighted by molar-refractivity contribution is 6.17. The smallest absolute Gasteiger partial charge is 0.0951 e. The van der Waals surface area contributed by atoms with Crippen molar-refractivity contribution in [2.24, 2.45) is 0 Å². The van der Waals surface area contributed by atoms with Gasteiger partial charge in [0.15, 0.2) is 0 Å². The van der Waals surface area contributed by atoms with Crippen LogP contribution in [0.5, 0.6) is 0 Å². The van der Waals surface area contributed by atoms with Crippen molar-refractivity contribution < 1.29 is 0 Å². The predicted octanol–water partition coefficient (Wildman–Crippen LogP) is 19.8. The summed E-state index contributed by atoms with van der Waals surface area (Å²) in [5, 5.41) is 5.07. The van der Waals surface area contributed by atoms with Gasteiger partial charge in [-0.3, -0.25) is 0 Å². The van der Waals surface area contributed by atoms with E-state index in [0.717, 1.165) is 34.1 Å². The second-order valence-corrected chi connectivity index (χ2v) is 25.5. The van der Waals surface area contributed by atoms with Crippen LogP contribution >= 0.6 is 0 Å². The van der Waals surface area contributed by atoms with Crippen LogP contribution in [0.1, 0.15) is 128 Å². The lowest BCUT2D eigenvalue weighted by Gasteiger charge is -2.41. The number of hydrogen-bond donors (Lipinski definition) is 0. The SMILES string of the molecule is CC(C)(C)c1ccc(N(c2ccc(C(C)(C)C)cc2)c2cc3c4c(c2N(c2ccc(C(C)(C)C)cc2)c2ccc(C(C)(C)C)cc2)-n2c5ccccc5c5cccc(c52)C4c2cccc4c5ccccc5n-3c24)cc1. The molecular weight excluding hydrogens is 909 g/mol. The lowest BCUT2D eigenvalue weighted by Crippen LogP contribution is -2.27. The monoisotopic (exact) mass is 977 g/mol. The van der Waals surface area contributed by atoms with E-state index in [1.165, 1.54) is 93.9 Å². The van der Waals surface area contributed by atoms with Gasteiger partial charge >= 0.3 is 0 Å². The molecule has 9 aromatic carbocycles. The maximum Gasteiger partial charge on any atom is 0.0951 e. The number of rotatable bonds is 6. The standard InChI is InChI=1S/C71H68N4/c1-68(2,3)44-27-35-48(36-28-44)72(49-37-29-45(30-38-49)69(4,5)6)61-43-60-63-62(56-23-17-21-54-52-19-13-15-25-58(52)74(60)64(54)56)57-24-18-22-55-53-20-14-16-26-59(53)75(65(55)57)67(63)66(61)73(50-39-31-46(32-40-50)70(7,8)9)51-41-33-47(34-42-51)71(10,11)12/h13-43,62H,1-12H3. The van der Waals surface area contributed by atoms with E-state index >= 15 is 0 Å². The van der Waals surface area contributed by atoms with Crippen LogP contribution in [0.15, 0.2) is 188 Å². The lowest BCUT2D eigenvalue weighted by atomic mass is 9.77. The molecule has 4 nitrogen and oxygen atoms in total. The molecule has 4 heteroatoms. The molecular formula is C71H68N4. The van der Waals surface area contributed by atoms with Gasteiger partial charge in [0.1, 0.15) is 0 Å². The van der Waals surface area contributed by atoms with Crippen molar-refractivity contribution in [2.45, 2.75) is 111 Å². The molecule has 0 fully saturated rings. The summed E-state index contributed by atoms with van der Waals surface area (Å²) in [6, 6.07) is 72.5. The molecule has 4 heterocycles. The van der Waals surface area contributed by atoms with Crippen molar-refractivity contribution in [1.29, 1.82) is 0 Å². The molecule has 13 rings (SSSR count).